The third kappa shape index (κ3) is 1.57. The van der Waals surface area contributed by atoms with Crippen LogP contribution in [0.1, 0.15) is 36.8 Å². The van der Waals surface area contributed by atoms with E-state index in [9.17, 15) is 4.79 Å². The maximum absolute atomic E-state index is 11.8. The molecule has 1 aromatic carbocycles. The number of nitrogens with two attached hydrogens (primary N) is 1. The number of ether oxygens (including phenoxy) is 1. The van der Waals surface area contributed by atoms with Crippen LogP contribution in [0.3, 0.4) is 0 Å². The Balaban J connectivity index is 1.96. The van der Waals surface area contributed by atoms with Crippen molar-refractivity contribution >= 4 is 5.97 Å². The van der Waals surface area contributed by atoms with E-state index in [4.69, 9.17) is 10.5 Å². The number of benzene rings is 1. The standard InChI is InChI=1S/C14H17NO2/c1-17-12(16)13(5-6-13)10-3-2-4-11(9-10)14(15)7-8-14/h2-4,9H,5-8,15H2,1H3. The van der Waals surface area contributed by atoms with E-state index in [1.165, 1.54) is 7.11 Å². The highest BCUT2D eigenvalue weighted by Crippen LogP contribution is 2.51. The van der Waals surface area contributed by atoms with Gasteiger partial charge in [-0.1, -0.05) is 24.3 Å². The van der Waals surface area contributed by atoms with Crippen LogP contribution in [0.5, 0.6) is 0 Å². The summed E-state index contributed by atoms with van der Waals surface area (Å²) in [7, 11) is 1.46. The van der Waals surface area contributed by atoms with Gasteiger partial charge >= 0.3 is 5.97 Å². The van der Waals surface area contributed by atoms with Crippen molar-refractivity contribution < 1.29 is 9.53 Å². The van der Waals surface area contributed by atoms with Gasteiger partial charge in [0.2, 0.25) is 0 Å². The monoisotopic (exact) mass is 231 g/mol. The Bertz CT molecular complexity index is 473. The van der Waals surface area contributed by atoms with Gasteiger partial charge in [-0.3, -0.25) is 4.79 Å². The fraction of sp³-hybridized carbons (Fsp3) is 0.500. The summed E-state index contributed by atoms with van der Waals surface area (Å²) < 4.78 is 4.90. The molecule has 1 aromatic rings. The number of methoxy groups -OCH3 is 1. The first-order valence-corrected chi connectivity index (χ1v) is 6.09. The number of rotatable bonds is 3. The Hall–Kier alpha value is -1.35. The molecule has 0 heterocycles. The van der Waals surface area contributed by atoms with Crippen molar-refractivity contribution in [3.63, 3.8) is 0 Å². The third-order valence-corrected chi connectivity index (χ3v) is 4.10. The zero-order chi connectivity index (χ0) is 12.1. The highest BCUT2D eigenvalue weighted by atomic mass is 16.5. The number of carbonyl (C=O) groups is 1. The molecule has 2 aliphatic carbocycles. The lowest BCUT2D eigenvalue weighted by molar-refractivity contribution is -0.143. The Kier molecular flexibility index (Phi) is 2.11. The molecule has 2 fully saturated rings. The van der Waals surface area contributed by atoms with Gasteiger partial charge < -0.3 is 10.5 Å². The Morgan fingerprint density at radius 3 is 2.41 bits per heavy atom. The van der Waals surface area contributed by atoms with Crippen molar-refractivity contribution in [2.24, 2.45) is 5.73 Å². The summed E-state index contributed by atoms with van der Waals surface area (Å²) in [4.78, 5) is 11.8. The predicted molar refractivity (Wildman–Crippen MR) is 64.5 cm³/mol. The van der Waals surface area contributed by atoms with Gasteiger partial charge in [-0.25, -0.2) is 0 Å². The molecule has 0 amide bonds. The first-order valence-electron chi connectivity index (χ1n) is 6.09. The molecule has 3 nitrogen and oxygen atoms in total. The number of hydrogen-bond acceptors (Lipinski definition) is 3. The van der Waals surface area contributed by atoms with Crippen LogP contribution in [0.25, 0.3) is 0 Å². The van der Waals surface area contributed by atoms with Crippen LogP contribution >= 0.6 is 0 Å². The minimum absolute atomic E-state index is 0.114. The van der Waals surface area contributed by atoms with Gasteiger partial charge in [0.05, 0.1) is 12.5 Å². The van der Waals surface area contributed by atoms with Crippen molar-refractivity contribution in [2.45, 2.75) is 36.6 Å². The zero-order valence-electron chi connectivity index (χ0n) is 10.0. The summed E-state index contributed by atoms with van der Waals surface area (Å²) in [6.07, 6.45) is 3.87. The van der Waals surface area contributed by atoms with Crippen molar-refractivity contribution in [1.82, 2.24) is 0 Å². The maximum atomic E-state index is 11.8. The average molecular weight is 231 g/mol. The van der Waals surface area contributed by atoms with Crippen LogP contribution in [-0.2, 0) is 20.5 Å². The molecule has 0 atom stereocenters. The van der Waals surface area contributed by atoms with Crippen molar-refractivity contribution in [3.05, 3.63) is 35.4 Å². The van der Waals surface area contributed by atoms with Gasteiger partial charge in [0.15, 0.2) is 0 Å². The number of carbonyl (C=O) groups excluding carboxylic acids is 1. The summed E-state index contributed by atoms with van der Waals surface area (Å²) in [6, 6.07) is 8.17. The minimum atomic E-state index is -0.379. The van der Waals surface area contributed by atoms with Gasteiger partial charge in [0.25, 0.3) is 0 Å². The number of esters is 1. The van der Waals surface area contributed by atoms with E-state index in [0.717, 1.165) is 36.8 Å². The summed E-state index contributed by atoms with van der Waals surface area (Å²) in [6.45, 7) is 0. The third-order valence-electron chi connectivity index (χ3n) is 4.10. The first kappa shape index (κ1) is 10.8. The molecule has 3 rings (SSSR count). The molecular weight excluding hydrogens is 214 g/mol. The lowest BCUT2D eigenvalue weighted by atomic mass is 9.92. The second-order valence-corrected chi connectivity index (χ2v) is 5.31. The first-order chi connectivity index (χ1) is 8.11. The molecule has 0 unspecified atom stereocenters. The maximum Gasteiger partial charge on any atom is 0.316 e. The lowest BCUT2D eigenvalue weighted by Crippen LogP contribution is -2.24. The highest BCUT2D eigenvalue weighted by Gasteiger charge is 2.53. The van der Waals surface area contributed by atoms with Crippen molar-refractivity contribution in [3.8, 4) is 0 Å². The normalized spacial score (nSPS) is 22.9. The largest absolute Gasteiger partial charge is 0.468 e. The van der Waals surface area contributed by atoms with Crippen LogP contribution in [0, 0.1) is 0 Å². The fourth-order valence-electron chi connectivity index (χ4n) is 2.48. The molecule has 0 aliphatic heterocycles. The predicted octanol–water partition coefficient (Wildman–Crippen LogP) is 1.84. The van der Waals surface area contributed by atoms with E-state index in [0.29, 0.717) is 0 Å². The van der Waals surface area contributed by atoms with E-state index in [1.54, 1.807) is 0 Å². The van der Waals surface area contributed by atoms with Crippen LogP contribution in [-0.4, -0.2) is 13.1 Å². The molecule has 0 bridgehead atoms. The molecular formula is C14H17NO2. The quantitative estimate of drug-likeness (QED) is 0.807. The van der Waals surface area contributed by atoms with Gasteiger partial charge in [0.1, 0.15) is 0 Å². The van der Waals surface area contributed by atoms with Gasteiger partial charge in [-0.15, -0.1) is 0 Å². The van der Waals surface area contributed by atoms with Crippen LogP contribution in [0.2, 0.25) is 0 Å². The van der Waals surface area contributed by atoms with E-state index in [1.807, 2.05) is 12.1 Å². The van der Waals surface area contributed by atoms with Gasteiger partial charge in [-0.2, -0.15) is 0 Å². The van der Waals surface area contributed by atoms with Crippen LogP contribution < -0.4 is 5.73 Å². The van der Waals surface area contributed by atoms with Gasteiger partial charge in [-0.05, 0) is 36.8 Å². The van der Waals surface area contributed by atoms with Gasteiger partial charge in [0, 0.05) is 5.54 Å². The Morgan fingerprint density at radius 1 is 1.24 bits per heavy atom. The molecule has 0 radical (unpaired) electrons. The van der Waals surface area contributed by atoms with E-state index in [-0.39, 0.29) is 16.9 Å². The molecule has 2 N–H and O–H groups in total. The fourth-order valence-corrected chi connectivity index (χ4v) is 2.48. The highest BCUT2D eigenvalue weighted by molar-refractivity contribution is 5.86. The summed E-state index contributed by atoms with van der Waals surface area (Å²) in [5.41, 5.74) is 7.90. The van der Waals surface area contributed by atoms with E-state index in [2.05, 4.69) is 12.1 Å². The lowest BCUT2D eigenvalue weighted by Gasteiger charge is -2.16. The molecule has 0 aromatic heterocycles. The molecule has 3 heteroatoms. The van der Waals surface area contributed by atoms with Crippen molar-refractivity contribution in [2.75, 3.05) is 7.11 Å². The molecule has 0 saturated heterocycles. The minimum Gasteiger partial charge on any atom is -0.468 e. The topological polar surface area (TPSA) is 52.3 Å². The van der Waals surface area contributed by atoms with Crippen LogP contribution in [0.4, 0.5) is 0 Å². The summed E-state index contributed by atoms with van der Waals surface area (Å²) in [5, 5.41) is 0. The second-order valence-electron chi connectivity index (χ2n) is 5.31. The average Bonchev–Trinajstić information content (AvgIpc) is 3.24. The number of hydrogen-bond donors (Lipinski definition) is 1. The molecule has 2 aliphatic rings. The Morgan fingerprint density at radius 2 is 1.88 bits per heavy atom. The molecule has 0 spiro atoms. The summed E-state index contributed by atoms with van der Waals surface area (Å²) in [5.74, 6) is -0.114. The van der Waals surface area contributed by atoms with E-state index < -0.39 is 0 Å². The molecule has 2 saturated carbocycles. The SMILES string of the molecule is COC(=O)C1(c2cccc(C3(N)CC3)c2)CC1. The van der Waals surface area contributed by atoms with E-state index >= 15 is 0 Å². The Labute approximate surface area is 101 Å². The van der Waals surface area contributed by atoms with Crippen LogP contribution in [0.15, 0.2) is 24.3 Å². The zero-order valence-corrected chi connectivity index (χ0v) is 10.0. The van der Waals surface area contributed by atoms with Crippen molar-refractivity contribution in [1.29, 1.82) is 0 Å². The second kappa shape index (κ2) is 3.33. The molecule has 90 valence electrons. The molecule has 17 heavy (non-hydrogen) atoms. The smallest absolute Gasteiger partial charge is 0.316 e. The summed E-state index contributed by atoms with van der Waals surface area (Å²) >= 11 is 0.